The molecule has 0 spiro atoms. The van der Waals surface area contributed by atoms with Gasteiger partial charge >= 0.3 is 0 Å². The number of unbranched alkanes of at least 4 members (excludes halogenated alkanes) is 1. The predicted molar refractivity (Wildman–Crippen MR) is 54.4 cm³/mol. The van der Waals surface area contributed by atoms with Crippen LogP contribution in [-0.4, -0.2) is 5.11 Å². The lowest BCUT2D eigenvalue weighted by Crippen LogP contribution is -1.83. The van der Waals surface area contributed by atoms with Crippen LogP contribution in [0.25, 0.3) is 0 Å². The van der Waals surface area contributed by atoms with Crippen LogP contribution in [0, 0.1) is 0 Å². The molecule has 12 heavy (non-hydrogen) atoms. The maximum atomic E-state index is 9.35. The van der Waals surface area contributed by atoms with Gasteiger partial charge < -0.3 is 5.11 Å². The van der Waals surface area contributed by atoms with Crippen LogP contribution in [0.3, 0.4) is 0 Å². The SMILES string of the molecule is CCCCc1ccc(Br)c(O)c1. The number of hydrogen-bond acceptors (Lipinski definition) is 1. The van der Waals surface area contributed by atoms with Crippen molar-refractivity contribution in [3.05, 3.63) is 28.2 Å². The number of phenols is 1. The highest BCUT2D eigenvalue weighted by Gasteiger charge is 1.98. The highest BCUT2D eigenvalue weighted by molar-refractivity contribution is 9.10. The molecule has 0 aliphatic rings. The van der Waals surface area contributed by atoms with Crippen LogP contribution in [-0.2, 0) is 6.42 Å². The van der Waals surface area contributed by atoms with Crippen molar-refractivity contribution in [1.29, 1.82) is 0 Å². The maximum absolute atomic E-state index is 9.35. The van der Waals surface area contributed by atoms with Crippen molar-refractivity contribution in [2.45, 2.75) is 26.2 Å². The summed E-state index contributed by atoms with van der Waals surface area (Å²) in [6.45, 7) is 2.17. The van der Waals surface area contributed by atoms with Crippen molar-refractivity contribution in [1.82, 2.24) is 0 Å². The summed E-state index contributed by atoms with van der Waals surface area (Å²) in [5, 5.41) is 9.35. The molecule has 0 aliphatic carbocycles. The summed E-state index contributed by atoms with van der Waals surface area (Å²) < 4.78 is 0.766. The van der Waals surface area contributed by atoms with Crippen LogP contribution in [0.15, 0.2) is 22.7 Å². The molecule has 0 saturated heterocycles. The summed E-state index contributed by atoms with van der Waals surface area (Å²) in [5.74, 6) is 0.337. The molecule has 0 aliphatic heterocycles. The summed E-state index contributed by atoms with van der Waals surface area (Å²) in [7, 11) is 0. The highest BCUT2D eigenvalue weighted by atomic mass is 79.9. The second-order valence-corrected chi connectivity index (χ2v) is 3.74. The zero-order chi connectivity index (χ0) is 8.97. The third kappa shape index (κ3) is 2.52. The van der Waals surface area contributed by atoms with Crippen LogP contribution >= 0.6 is 15.9 Å². The Bertz CT molecular complexity index is 258. The molecule has 0 bridgehead atoms. The minimum Gasteiger partial charge on any atom is -0.507 e. The number of hydrogen-bond donors (Lipinski definition) is 1. The van der Waals surface area contributed by atoms with Crippen molar-refractivity contribution in [2.75, 3.05) is 0 Å². The van der Waals surface area contributed by atoms with Crippen LogP contribution < -0.4 is 0 Å². The summed E-state index contributed by atoms with van der Waals surface area (Å²) in [6, 6.07) is 5.75. The van der Waals surface area contributed by atoms with Crippen molar-refractivity contribution in [3.63, 3.8) is 0 Å². The maximum Gasteiger partial charge on any atom is 0.130 e. The summed E-state index contributed by atoms with van der Waals surface area (Å²) in [5.41, 5.74) is 1.21. The van der Waals surface area contributed by atoms with Gasteiger partial charge in [-0.3, -0.25) is 0 Å². The van der Waals surface area contributed by atoms with E-state index in [1.165, 1.54) is 18.4 Å². The van der Waals surface area contributed by atoms with Crippen molar-refractivity contribution < 1.29 is 5.11 Å². The minimum absolute atomic E-state index is 0.337. The van der Waals surface area contributed by atoms with E-state index in [0.29, 0.717) is 5.75 Å². The molecular formula is C10H13BrO. The van der Waals surface area contributed by atoms with E-state index in [9.17, 15) is 5.11 Å². The molecule has 1 N–H and O–H groups in total. The molecule has 1 nitrogen and oxygen atoms in total. The lowest BCUT2D eigenvalue weighted by molar-refractivity contribution is 0.471. The van der Waals surface area contributed by atoms with E-state index in [0.717, 1.165) is 10.9 Å². The molecule has 0 saturated carbocycles. The first kappa shape index (κ1) is 9.59. The van der Waals surface area contributed by atoms with Gasteiger partial charge in [0.15, 0.2) is 0 Å². The lowest BCUT2D eigenvalue weighted by Gasteiger charge is -2.01. The standard InChI is InChI=1S/C10H13BrO/c1-2-3-4-8-5-6-9(11)10(12)7-8/h5-7,12H,2-4H2,1H3. The fraction of sp³-hybridized carbons (Fsp3) is 0.400. The quantitative estimate of drug-likeness (QED) is 0.840. The third-order valence-corrected chi connectivity index (χ3v) is 2.50. The Hall–Kier alpha value is -0.500. The Morgan fingerprint density at radius 1 is 1.42 bits per heavy atom. The van der Waals surface area contributed by atoms with Gasteiger partial charge in [0.25, 0.3) is 0 Å². The average molecular weight is 229 g/mol. The van der Waals surface area contributed by atoms with Gasteiger partial charge in [0.2, 0.25) is 0 Å². The summed E-state index contributed by atoms with van der Waals surface area (Å²) >= 11 is 3.25. The van der Waals surface area contributed by atoms with Crippen LogP contribution in [0.2, 0.25) is 0 Å². The first-order valence-corrected chi connectivity index (χ1v) is 5.00. The molecular weight excluding hydrogens is 216 g/mol. The molecule has 1 aromatic rings. The van der Waals surface area contributed by atoms with E-state index in [1.807, 2.05) is 18.2 Å². The van der Waals surface area contributed by atoms with Crippen LogP contribution in [0.1, 0.15) is 25.3 Å². The fourth-order valence-electron chi connectivity index (χ4n) is 1.09. The van der Waals surface area contributed by atoms with Gasteiger partial charge in [-0.2, -0.15) is 0 Å². The molecule has 66 valence electrons. The molecule has 1 rings (SSSR count). The zero-order valence-corrected chi connectivity index (χ0v) is 8.76. The topological polar surface area (TPSA) is 20.2 Å². The number of halogens is 1. The Labute approximate surface area is 81.6 Å². The molecule has 0 radical (unpaired) electrons. The van der Waals surface area contributed by atoms with E-state index < -0.39 is 0 Å². The van der Waals surface area contributed by atoms with Gasteiger partial charge in [0, 0.05) is 0 Å². The normalized spacial score (nSPS) is 10.2. The van der Waals surface area contributed by atoms with E-state index in [4.69, 9.17) is 0 Å². The molecule has 0 fully saturated rings. The predicted octanol–water partition coefficient (Wildman–Crippen LogP) is 3.50. The van der Waals surface area contributed by atoms with Crippen LogP contribution in [0.5, 0.6) is 5.75 Å². The fourth-order valence-corrected chi connectivity index (χ4v) is 1.34. The van der Waals surface area contributed by atoms with E-state index in [1.54, 1.807) is 0 Å². The third-order valence-electron chi connectivity index (χ3n) is 1.83. The van der Waals surface area contributed by atoms with Gasteiger partial charge in [0.05, 0.1) is 4.47 Å². The van der Waals surface area contributed by atoms with Crippen molar-refractivity contribution in [2.24, 2.45) is 0 Å². The second-order valence-electron chi connectivity index (χ2n) is 2.89. The molecule has 0 atom stereocenters. The van der Waals surface area contributed by atoms with Crippen LogP contribution in [0.4, 0.5) is 0 Å². The molecule has 1 aromatic carbocycles. The number of aromatic hydroxyl groups is 1. The molecule has 0 aromatic heterocycles. The largest absolute Gasteiger partial charge is 0.507 e. The Morgan fingerprint density at radius 2 is 2.17 bits per heavy atom. The van der Waals surface area contributed by atoms with Gasteiger partial charge in [-0.25, -0.2) is 0 Å². The highest BCUT2D eigenvalue weighted by Crippen LogP contribution is 2.24. The lowest BCUT2D eigenvalue weighted by atomic mass is 10.1. The smallest absolute Gasteiger partial charge is 0.130 e. The molecule has 0 heterocycles. The Kier molecular flexibility index (Phi) is 3.60. The Morgan fingerprint density at radius 3 is 2.75 bits per heavy atom. The number of phenolic OH excluding ortho intramolecular Hbond substituents is 1. The van der Waals surface area contributed by atoms with E-state index >= 15 is 0 Å². The van der Waals surface area contributed by atoms with Gasteiger partial charge in [0.1, 0.15) is 5.75 Å². The number of rotatable bonds is 3. The van der Waals surface area contributed by atoms with E-state index in [2.05, 4.69) is 22.9 Å². The monoisotopic (exact) mass is 228 g/mol. The molecule has 2 heteroatoms. The van der Waals surface area contributed by atoms with Crippen molar-refractivity contribution in [3.8, 4) is 5.75 Å². The second kappa shape index (κ2) is 4.51. The van der Waals surface area contributed by atoms with Gasteiger partial charge in [-0.05, 0) is 46.5 Å². The first-order chi connectivity index (χ1) is 5.74. The first-order valence-electron chi connectivity index (χ1n) is 4.21. The van der Waals surface area contributed by atoms with E-state index in [-0.39, 0.29) is 0 Å². The molecule has 0 amide bonds. The minimum atomic E-state index is 0.337. The number of benzene rings is 1. The van der Waals surface area contributed by atoms with Crippen molar-refractivity contribution >= 4 is 15.9 Å². The summed E-state index contributed by atoms with van der Waals surface area (Å²) in [6.07, 6.45) is 3.43. The molecule has 0 unspecified atom stereocenters. The Balaban J connectivity index is 2.69. The average Bonchev–Trinajstić information content (AvgIpc) is 2.07. The van der Waals surface area contributed by atoms with Gasteiger partial charge in [-0.15, -0.1) is 0 Å². The van der Waals surface area contributed by atoms with Gasteiger partial charge in [-0.1, -0.05) is 19.4 Å². The number of aryl methyl sites for hydroxylation is 1. The zero-order valence-electron chi connectivity index (χ0n) is 7.18. The summed E-state index contributed by atoms with van der Waals surface area (Å²) in [4.78, 5) is 0.